The molecular formula is C20H18BF3NO3. The Morgan fingerprint density at radius 2 is 1.89 bits per heavy atom. The van der Waals surface area contributed by atoms with Crippen molar-refractivity contribution < 1.29 is 27.7 Å². The van der Waals surface area contributed by atoms with E-state index < -0.39 is 28.6 Å². The number of ketones is 1. The van der Waals surface area contributed by atoms with Crippen LogP contribution < -0.4 is 5.46 Å². The largest absolute Gasteiger partial charge is 0.433 e. The topological polar surface area (TPSA) is 62.3 Å². The highest BCUT2D eigenvalue weighted by atomic mass is 19.2. The Hall–Kier alpha value is -2.58. The molecule has 28 heavy (non-hydrogen) atoms. The highest BCUT2D eigenvalue weighted by Crippen LogP contribution is 2.22. The van der Waals surface area contributed by atoms with Crippen molar-refractivity contribution in [1.82, 2.24) is 4.98 Å². The lowest BCUT2D eigenvalue weighted by Gasteiger charge is -2.21. The van der Waals surface area contributed by atoms with Gasteiger partial charge in [-0.1, -0.05) is 32.0 Å². The number of aliphatic hydroxyl groups is 1. The average molecular weight is 388 g/mol. The molecule has 0 atom stereocenters. The van der Waals surface area contributed by atoms with Gasteiger partial charge in [0.1, 0.15) is 0 Å². The van der Waals surface area contributed by atoms with Crippen molar-refractivity contribution in [2.45, 2.75) is 13.8 Å². The van der Waals surface area contributed by atoms with Crippen molar-refractivity contribution in [2.24, 2.45) is 5.41 Å². The smallest absolute Gasteiger partial charge is 0.332 e. The number of aromatic nitrogens is 1. The normalized spacial score (nSPS) is 11.8. The van der Waals surface area contributed by atoms with Crippen LogP contribution in [0, 0.1) is 22.9 Å². The molecule has 1 aromatic heterocycles. The molecular weight excluding hydrogens is 370 g/mol. The molecule has 0 aliphatic carbocycles. The van der Waals surface area contributed by atoms with Crippen LogP contribution in [0.4, 0.5) is 13.2 Å². The van der Waals surface area contributed by atoms with E-state index in [0.29, 0.717) is 35.1 Å². The van der Waals surface area contributed by atoms with Crippen LogP contribution in [0.2, 0.25) is 0 Å². The molecule has 0 spiro atoms. The SMILES string of the molecule is CC(C)(CO)CO[B]c1cccc2c(C(=O)c3cc(F)c(F)c(F)c3)c[nH]c12. The first kappa shape index (κ1) is 20.2. The second kappa shape index (κ2) is 7.81. The summed E-state index contributed by atoms with van der Waals surface area (Å²) in [5, 5.41) is 9.81. The number of para-hydroxylation sites is 1. The van der Waals surface area contributed by atoms with E-state index in [2.05, 4.69) is 4.98 Å². The summed E-state index contributed by atoms with van der Waals surface area (Å²) in [4.78, 5) is 15.7. The summed E-state index contributed by atoms with van der Waals surface area (Å²) in [5.41, 5.74) is 0.786. The van der Waals surface area contributed by atoms with E-state index in [1.807, 2.05) is 13.8 Å². The van der Waals surface area contributed by atoms with Crippen LogP contribution in [0.25, 0.3) is 10.9 Å². The number of aliphatic hydroxyl groups excluding tert-OH is 1. The molecule has 3 aromatic rings. The minimum atomic E-state index is -1.62. The van der Waals surface area contributed by atoms with E-state index in [4.69, 9.17) is 4.65 Å². The Labute approximate surface area is 160 Å². The summed E-state index contributed by atoms with van der Waals surface area (Å²) >= 11 is 0. The fourth-order valence-electron chi connectivity index (χ4n) is 2.71. The summed E-state index contributed by atoms with van der Waals surface area (Å²) in [6, 6.07) is 6.52. The van der Waals surface area contributed by atoms with Gasteiger partial charge in [-0.05, 0) is 17.6 Å². The predicted molar refractivity (Wildman–Crippen MR) is 100 cm³/mol. The minimum Gasteiger partial charge on any atom is -0.433 e. The maximum Gasteiger partial charge on any atom is 0.332 e. The van der Waals surface area contributed by atoms with Crippen LogP contribution in [-0.4, -0.2) is 36.6 Å². The number of aromatic amines is 1. The molecule has 0 fully saturated rings. The number of halogens is 3. The number of nitrogens with one attached hydrogen (secondary N) is 1. The molecule has 2 aromatic carbocycles. The summed E-state index contributed by atoms with van der Waals surface area (Å²) in [6.07, 6.45) is 1.43. The van der Waals surface area contributed by atoms with Gasteiger partial charge in [0, 0.05) is 40.2 Å². The predicted octanol–water partition coefficient (Wildman–Crippen LogP) is 3.10. The standard InChI is InChI=1S/C20H18BF3NO3/c1-20(2,9-26)10-28-21-14-5-3-4-12-13(8-25-18(12)14)19(27)11-6-15(22)17(24)16(23)7-11/h3-8,25-26H,9-10H2,1-2H3. The first-order valence-corrected chi connectivity index (χ1v) is 8.58. The molecule has 1 radical (unpaired) electrons. The van der Waals surface area contributed by atoms with Gasteiger partial charge in [0.15, 0.2) is 23.2 Å². The molecule has 0 unspecified atom stereocenters. The van der Waals surface area contributed by atoms with Crippen LogP contribution in [0.5, 0.6) is 0 Å². The molecule has 145 valence electrons. The van der Waals surface area contributed by atoms with E-state index in [0.717, 1.165) is 0 Å². The molecule has 0 amide bonds. The van der Waals surface area contributed by atoms with E-state index >= 15 is 0 Å². The van der Waals surface area contributed by atoms with Crippen LogP contribution in [0.1, 0.15) is 29.8 Å². The van der Waals surface area contributed by atoms with E-state index in [9.17, 15) is 23.1 Å². The molecule has 0 saturated heterocycles. The maximum atomic E-state index is 13.5. The summed E-state index contributed by atoms with van der Waals surface area (Å²) in [5.74, 6) is -5.09. The lowest BCUT2D eigenvalue weighted by atomic mass is 9.85. The zero-order valence-electron chi connectivity index (χ0n) is 15.4. The van der Waals surface area contributed by atoms with Gasteiger partial charge in [0.05, 0.1) is 6.61 Å². The van der Waals surface area contributed by atoms with Crippen LogP contribution >= 0.6 is 0 Å². The van der Waals surface area contributed by atoms with Gasteiger partial charge in [-0.3, -0.25) is 4.79 Å². The average Bonchev–Trinajstić information content (AvgIpc) is 3.10. The number of benzene rings is 2. The molecule has 4 nitrogen and oxygen atoms in total. The number of rotatable bonds is 7. The second-order valence-corrected chi connectivity index (χ2v) is 7.31. The highest BCUT2D eigenvalue weighted by Gasteiger charge is 2.21. The lowest BCUT2D eigenvalue weighted by Crippen LogP contribution is -2.28. The van der Waals surface area contributed by atoms with Gasteiger partial charge in [-0.15, -0.1) is 0 Å². The number of hydrogen-bond acceptors (Lipinski definition) is 3. The Bertz CT molecular complexity index is 1010. The number of fused-ring (bicyclic) bond motifs is 1. The fourth-order valence-corrected chi connectivity index (χ4v) is 2.71. The Kier molecular flexibility index (Phi) is 5.63. The third-order valence-corrected chi connectivity index (χ3v) is 4.35. The summed E-state index contributed by atoms with van der Waals surface area (Å²) in [6.45, 7) is 3.97. The number of carbonyl (C=O) groups is 1. The van der Waals surface area contributed by atoms with Crippen molar-refractivity contribution in [1.29, 1.82) is 0 Å². The molecule has 0 aliphatic heterocycles. The van der Waals surface area contributed by atoms with Crippen LogP contribution in [-0.2, 0) is 4.65 Å². The minimum absolute atomic E-state index is 0.0308. The zero-order chi connectivity index (χ0) is 20.5. The van der Waals surface area contributed by atoms with Crippen molar-refractivity contribution in [3.05, 3.63) is 65.1 Å². The van der Waals surface area contributed by atoms with Crippen molar-refractivity contribution in [3.8, 4) is 0 Å². The number of carbonyl (C=O) groups excluding carboxylic acids is 1. The number of H-pyrrole nitrogens is 1. The quantitative estimate of drug-likeness (QED) is 0.372. The molecule has 8 heteroatoms. The second-order valence-electron chi connectivity index (χ2n) is 7.31. The van der Waals surface area contributed by atoms with Gasteiger partial charge >= 0.3 is 7.48 Å². The summed E-state index contributed by atoms with van der Waals surface area (Å²) < 4.78 is 45.6. The van der Waals surface area contributed by atoms with Gasteiger partial charge in [-0.2, -0.15) is 0 Å². The molecule has 0 bridgehead atoms. The number of hydrogen-bond donors (Lipinski definition) is 2. The third-order valence-electron chi connectivity index (χ3n) is 4.35. The third kappa shape index (κ3) is 3.98. The highest BCUT2D eigenvalue weighted by molar-refractivity contribution is 6.51. The van der Waals surface area contributed by atoms with Gasteiger partial charge in [0.25, 0.3) is 0 Å². The van der Waals surface area contributed by atoms with Gasteiger partial charge in [0.2, 0.25) is 0 Å². The Morgan fingerprint density at radius 1 is 1.21 bits per heavy atom. The lowest BCUT2D eigenvalue weighted by molar-refractivity contribution is 0.101. The van der Waals surface area contributed by atoms with Gasteiger partial charge < -0.3 is 14.7 Å². The Balaban J connectivity index is 1.89. The van der Waals surface area contributed by atoms with Crippen LogP contribution in [0.15, 0.2) is 36.5 Å². The molecule has 2 N–H and O–H groups in total. The molecule has 0 saturated carbocycles. The molecule has 1 heterocycles. The molecule has 0 aliphatic rings. The first-order valence-electron chi connectivity index (χ1n) is 8.58. The zero-order valence-corrected chi connectivity index (χ0v) is 15.4. The monoisotopic (exact) mass is 388 g/mol. The van der Waals surface area contributed by atoms with Gasteiger partial charge in [-0.25, -0.2) is 13.2 Å². The van der Waals surface area contributed by atoms with Crippen molar-refractivity contribution in [2.75, 3.05) is 13.2 Å². The Morgan fingerprint density at radius 3 is 2.54 bits per heavy atom. The van der Waals surface area contributed by atoms with E-state index in [1.54, 1.807) is 18.2 Å². The fraction of sp³-hybridized carbons (Fsp3) is 0.250. The van der Waals surface area contributed by atoms with Crippen molar-refractivity contribution >= 4 is 29.6 Å². The van der Waals surface area contributed by atoms with Crippen LogP contribution in [0.3, 0.4) is 0 Å². The first-order chi connectivity index (χ1) is 13.2. The van der Waals surface area contributed by atoms with Crippen molar-refractivity contribution in [3.63, 3.8) is 0 Å². The maximum absolute atomic E-state index is 13.5. The van der Waals surface area contributed by atoms with E-state index in [-0.39, 0.29) is 17.7 Å². The molecule has 3 rings (SSSR count). The van der Waals surface area contributed by atoms with E-state index in [1.165, 1.54) is 13.7 Å². The summed E-state index contributed by atoms with van der Waals surface area (Å²) in [7, 11) is 1.52.